The normalized spacial score (nSPS) is 13.6. The summed E-state index contributed by atoms with van der Waals surface area (Å²) >= 11 is 0. The minimum atomic E-state index is -0.172. The van der Waals surface area contributed by atoms with E-state index in [9.17, 15) is 14.7 Å². The van der Waals surface area contributed by atoms with E-state index in [0.717, 1.165) is 28.1 Å². The number of rotatable bonds is 5. The van der Waals surface area contributed by atoms with Gasteiger partial charge < -0.3 is 21.1 Å². The van der Waals surface area contributed by atoms with E-state index in [2.05, 4.69) is 16.0 Å². The highest BCUT2D eigenvalue weighted by Gasteiger charge is 2.24. The Hall–Kier alpha value is -4.06. The number of anilines is 3. The van der Waals surface area contributed by atoms with E-state index in [1.54, 1.807) is 24.4 Å². The van der Waals surface area contributed by atoms with Gasteiger partial charge in [-0.3, -0.25) is 9.59 Å². The fourth-order valence-electron chi connectivity index (χ4n) is 3.38. The van der Waals surface area contributed by atoms with Gasteiger partial charge in [-0.25, -0.2) is 0 Å². The summed E-state index contributed by atoms with van der Waals surface area (Å²) in [5.41, 5.74) is 5.77. The lowest BCUT2D eigenvalue weighted by Crippen LogP contribution is -2.05. The molecule has 0 bridgehead atoms. The quantitative estimate of drug-likeness (QED) is 0.480. The van der Waals surface area contributed by atoms with Gasteiger partial charge in [-0.05, 0) is 53.9 Å². The second kappa shape index (κ2) is 8.13. The number of hydrogen-bond acceptors (Lipinski definition) is 4. The number of nitrogens with one attached hydrogen (secondary N) is 3. The summed E-state index contributed by atoms with van der Waals surface area (Å²) in [7, 11) is 0. The van der Waals surface area contributed by atoms with Crippen LogP contribution in [-0.4, -0.2) is 16.9 Å². The molecular formula is C24H21N3O3. The van der Waals surface area contributed by atoms with E-state index < -0.39 is 0 Å². The summed E-state index contributed by atoms with van der Waals surface area (Å²) in [5, 5.41) is 18.3. The van der Waals surface area contributed by atoms with Crippen molar-refractivity contribution in [3.63, 3.8) is 0 Å². The summed E-state index contributed by atoms with van der Waals surface area (Å²) in [5.74, 6) is -0.117. The highest BCUT2D eigenvalue weighted by Crippen LogP contribution is 2.33. The van der Waals surface area contributed by atoms with Crippen LogP contribution in [0, 0.1) is 0 Å². The van der Waals surface area contributed by atoms with Crippen LogP contribution in [0.4, 0.5) is 17.1 Å². The van der Waals surface area contributed by atoms with E-state index in [-0.39, 0.29) is 17.6 Å². The van der Waals surface area contributed by atoms with Gasteiger partial charge >= 0.3 is 0 Å². The number of carbonyl (C=O) groups excluding carboxylic acids is 2. The van der Waals surface area contributed by atoms with E-state index in [1.807, 2.05) is 48.5 Å². The number of carbonyl (C=O) groups is 2. The predicted molar refractivity (Wildman–Crippen MR) is 118 cm³/mol. The van der Waals surface area contributed by atoms with Crippen LogP contribution in [0.1, 0.15) is 23.6 Å². The molecule has 0 unspecified atom stereocenters. The summed E-state index contributed by atoms with van der Waals surface area (Å²) in [4.78, 5) is 23.6. The minimum Gasteiger partial charge on any atom is -0.508 e. The fourth-order valence-corrected chi connectivity index (χ4v) is 3.38. The first-order valence-electron chi connectivity index (χ1n) is 9.55. The van der Waals surface area contributed by atoms with Crippen molar-refractivity contribution in [2.45, 2.75) is 13.3 Å². The molecule has 2 amide bonds. The first kappa shape index (κ1) is 19.3. The topological polar surface area (TPSA) is 90.5 Å². The third kappa shape index (κ3) is 4.33. The fraction of sp³-hybridized carbons (Fsp3) is 0.0833. The molecule has 1 heterocycles. The van der Waals surface area contributed by atoms with Crippen molar-refractivity contribution in [1.29, 1.82) is 0 Å². The van der Waals surface area contributed by atoms with Gasteiger partial charge in [0.15, 0.2) is 0 Å². The van der Waals surface area contributed by atoms with Crippen molar-refractivity contribution in [3.8, 4) is 5.75 Å². The van der Waals surface area contributed by atoms with Gasteiger partial charge in [0, 0.05) is 41.8 Å². The van der Waals surface area contributed by atoms with Crippen molar-refractivity contribution >= 4 is 34.4 Å². The maximum absolute atomic E-state index is 12.4. The molecule has 1 aliphatic rings. The van der Waals surface area contributed by atoms with E-state index >= 15 is 0 Å². The van der Waals surface area contributed by atoms with E-state index in [1.165, 1.54) is 6.92 Å². The maximum atomic E-state index is 12.4. The van der Waals surface area contributed by atoms with Crippen molar-refractivity contribution in [1.82, 2.24) is 0 Å². The molecule has 0 saturated heterocycles. The van der Waals surface area contributed by atoms with Crippen LogP contribution < -0.4 is 16.0 Å². The third-order valence-electron chi connectivity index (χ3n) is 4.78. The van der Waals surface area contributed by atoms with Gasteiger partial charge in [0.1, 0.15) is 5.75 Å². The Bertz CT molecular complexity index is 1150. The number of benzene rings is 3. The lowest BCUT2D eigenvalue weighted by molar-refractivity contribution is -0.114. The highest BCUT2D eigenvalue weighted by molar-refractivity contribution is 6.31. The van der Waals surface area contributed by atoms with E-state index in [0.29, 0.717) is 17.7 Å². The second-order valence-corrected chi connectivity index (χ2v) is 7.14. The lowest BCUT2D eigenvalue weighted by atomic mass is 9.99. The average molecular weight is 399 g/mol. The molecule has 3 aromatic rings. The maximum Gasteiger partial charge on any atom is 0.257 e. The lowest BCUT2D eigenvalue weighted by Gasteiger charge is -2.07. The average Bonchev–Trinajstić information content (AvgIpc) is 3.02. The molecule has 1 aliphatic heterocycles. The smallest absolute Gasteiger partial charge is 0.257 e. The van der Waals surface area contributed by atoms with Crippen molar-refractivity contribution in [2.24, 2.45) is 0 Å². The van der Waals surface area contributed by atoms with Crippen molar-refractivity contribution < 1.29 is 14.7 Å². The number of fused-ring (bicyclic) bond motifs is 1. The number of phenolic OH excluding ortho intramolecular Hbond substituents is 1. The summed E-state index contributed by atoms with van der Waals surface area (Å²) in [6.07, 6.45) is 2.36. The van der Waals surface area contributed by atoms with Crippen LogP contribution in [0.2, 0.25) is 0 Å². The Labute approximate surface area is 174 Å². The van der Waals surface area contributed by atoms with Gasteiger partial charge in [-0.15, -0.1) is 0 Å². The summed E-state index contributed by atoms with van der Waals surface area (Å²) in [6.45, 7) is 1.48. The predicted octanol–water partition coefficient (Wildman–Crippen LogP) is 4.35. The molecule has 0 radical (unpaired) electrons. The molecule has 0 atom stereocenters. The number of hydrogen-bond donors (Lipinski definition) is 4. The summed E-state index contributed by atoms with van der Waals surface area (Å²) < 4.78 is 0. The standard InChI is InChI=1S/C24H21N3O3/c1-15(28)26-18-8-5-16(6-9-18)11-17-7-10-23-21(12-17)22(24(30)27-23)14-25-19-3-2-4-20(29)13-19/h2-10,12-14,25,29H,11H2,1H3,(H,26,28)(H,27,30). The molecule has 6 nitrogen and oxygen atoms in total. The van der Waals surface area contributed by atoms with Gasteiger partial charge in [0.05, 0.1) is 5.57 Å². The van der Waals surface area contributed by atoms with Crippen molar-refractivity contribution in [3.05, 3.63) is 89.6 Å². The van der Waals surface area contributed by atoms with Crippen LogP contribution >= 0.6 is 0 Å². The van der Waals surface area contributed by atoms with Gasteiger partial charge in [-0.2, -0.15) is 0 Å². The molecule has 30 heavy (non-hydrogen) atoms. The highest BCUT2D eigenvalue weighted by atomic mass is 16.3. The van der Waals surface area contributed by atoms with Crippen LogP contribution in [0.5, 0.6) is 5.75 Å². The second-order valence-electron chi connectivity index (χ2n) is 7.14. The van der Waals surface area contributed by atoms with Crippen molar-refractivity contribution in [2.75, 3.05) is 16.0 Å². The zero-order valence-electron chi connectivity index (χ0n) is 16.4. The Balaban J connectivity index is 1.54. The number of amides is 2. The molecule has 150 valence electrons. The largest absolute Gasteiger partial charge is 0.508 e. The minimum absolute atomic E-state index is 0.0998. The number of phenols is 1. The first-order valence-corrected chi connectivity index (χ1v) is 9.55. The molecule has 4 N–H and O–H groups in total. The SMILES string of the molecule is CC(=O)Nc1ccc(Cc2ccc3c(c2)C(=CNc2cccc(O)c2)C(=O)N3)cc1. The molecule has 0 spiro atoms. The molecule has 0 fully saturated rings. The Morgan fingerprint density at radius 1 is 1.00 bits per heavy atom. The Morgan fingerprint density at radius 2 is 1.77 bits per heavy atom. The Morgan fingerprint density at radius 3 is 2.50 bits per heavy atom. The molecular weight excluding hydrogens is 378 g/mol. The van der Waals surface area contributed by atoms with Gasteiger partial charge in [0.25, 0.3) is 5.91 Å². The molecule has 6 heteroatoms. The van der Waals surface area contributed by atoms with Crippen LogP contribution in [0.15, 0.2) is 72.9 Å². The van der Waals surface area contributed by atoms with E-state index in [4.69, 9.17) is 0 Å². The number of aromatic hydroxyl groups is 1. The Kier molecular flexibility index (Phi) is 5.22. The van der Waals surface area contributed by atoms with Crippen LogP contribution in [-0.2, 0) is 16.0 Å². The molecule has 0 saturated carbocycles. The molecule has 0 aromatic heterocycles. The molecule has 4 rings (SSSR count). The zero-order chi connectivity index (χ0) is 21.1. The summed E-state index contributed by atoms with van der Waals surface area (Å²) in [6, 6.07) is 20.3. The zero-order valence-corrected chi connectivity index (χ0v) is 16.4. The van der Waals surface area contributed by atoms with Crippen LogP contribution in [0.25, 0.3) is 5.57 Å². The third-order valence-corrected chi connectivity index (χ3v) is 4.78. The molecule has 0 aliphatic carbocycles. The molecule has 3 aromatic carbocycles. The van der Waals surface area contributed by atoms with Gasteiger partial charge in [0.2, 0.25) is 5.91 Å². The van der Waals surface area contributed by atoms with Crippen LogP contribution in [0.3, 0.4) is 0 Å². The first-order chi connectivity index (χ1) is 14.5. The monoisotopic (exact) mass is 399 g/mol. The van der Waals surface area contributed by atoms with Gasteiger partial charge in [-0.1, -0.05) is 24.3 Å².